The molecule has 0 saturated carbocycles. The van der Waals surface area contributed by atoms with Crippen LogP contribution in [0.4, 0.5) is 4.39 Å². The molecule has 1 N–H and O–H groups in total. The number of nitrogens with zero attached hydrogens (tertiary/aromatic N) is 1. The number of benzene rings is 1. The maximum atomic E-state index is 12.8. The molecule has 19 heavy (non-hydrogen) atoms. The van der Waals surface area contributed by atoms with Crippen LogP contribution in [0.1, 0.15) is 16.7 Å². The molecule has 1 atom stereocenters. The number of thiazole rings is 1. The van der Waals surface area contributed by atoms with Crippen LogP contribution in [-0.2, 0) is 0 Å². The van der Waals surface area contributed by atoms with Crippen molar-refractivity contribution in [3.05, 3.63) is 64.6 Å². The Labute approximate surface area is 113 Å². The summed E-state index contributed by atoms with van der Waals surface area (Å²) >= 11 is 1.36. The van der Waals surface area contributed by atoms with Crippen LogP contribution in [0, 0.1) is 5.82 Å². The maximum absolute atomic E-state index is 12.8. The molecule has 3 nitrogen and oxygen atoms in total. The molecule has 0 bridgehead atoms. The summed E-state index contributed by atoms with van der Waals surface area (Å²) in [7, 11) is 0. The van der Waals surface area contributed by atoms with Crippen molar-refractivity contribution in [3.63, 3.8) is 0 Å². The average molecular weight is 275 g/mol. The fourth-order valence-electron chi connectivity index (χ4n) is 1.74. The lowest BCUT2D eigenvalue weighted by atomic mass is 10.1. The van der Waals surface area contributed by atoms with Gasteiger partial charge in [0.2, 0.25) is 0 Å². The molecule has 3 aromatic rings. The Morgan fingerprint density at radius 2 is 2.00 bits per heavy atom. The van der Waals surface area contributed by atoms with Crippen molar-refractivity contribution in [2.45, 2.75) is 6.10 Å². The van der Waals surface area contributed by atoms with E-state index in [1.165, 1.54) is 23.5 Å². The summed E-state index contributed by atoms with van der Waals surface area (Å²) in [6, 6.07) is 7.56. The zero-order valence-corrected chi connectivity index (χ0v) is 10.6. The standard InChI is InChI=1S/C14H10FNO2S/c15-11-3-1-9(2-4-11)13(17)14-16-12(8-19-14)10-5-6-18-7-10/h1-8,13,17H. The van der Waals surface area contributed by atoms with Crippen LogP contribution >= 0.6 is 11.3 Å². The first-order chi connectivity index (χ1) is 9.24. The van der Waals surface area contributed by atoms with Crippen molar-refractivity contribution in [2.75, 3.05) is 0 Å². The molecule has 96 valence electrons. The first-order valence-electron chi connectivity index (χ1n) is 5.65. The van der Waals surface area contributed by atoms with Gasteiger partial charge in [0.15, 0.2) is 0 Å². The summed E-state index contributed by atoms with van der Waals surface area (Å²) in [5.41, 5.74) is 2.25. The molecule has 0 spiro atoms. The molecule has 0 aliphatic heterocycles. The zero-order chi connectivity index (χ0) is 13.2. The molecule has 1 unspecified atom stereocenters. The van der Waals surface area contributed by atoms with Gasteiger partial charge in [-0.25, -0.2) is 9.37 Å². The summed E-state index contributed by atoms with van der Waals surface area (Å²) in [5.74, 6) is -0.325. The monoisotopic (exact) mass is 275 g/mol. The van der Waals surface area contributed by atoms with Gasteiger partial charge >= 0.3 is 0 Å². The van der Waals surface area contributed by atoms with Gasteiger partial charge in [0, 0.05) is 10.9 Å². The Kier molecular flexibility index (Phi) is 3.15. The van der Waals surface area contributed by atoms with Crippen molar-refractivity contribution < 1.29 is 13.9 Å². The van der Waals surface area contributed by atoms with E-state index in [-0.39, 0.29) is 5.82 Å². The summed E-state index contributed by atoms with van der Waals surface area (Å²) in [6.45, 7) is 0. The van der Waals surface area contributed by atoms with E-state index in [9.17, 15) is 9.50 Å². The molecule has 0 aliphatic carbocycles. The normalized spacial score (nSPS) is 12.5. The van der Waals surface area contributed by atoms with Gasteiger partial charge in [-0.3, -0.25) is 0 Å². The lowest BCUT2D eigenvalue weighted by molar-refractivity contribution is 0.220. The molecule has 0 radical (unpaired) electrons. The minimum atomic E-state index is -0.841. The Morgan fingerprint density at radius 3 is 2.68 bits per heavy atom. The van der Waals surface area contributed by atoms with Gasteiger partial charge in [0.1, 0.15) is 16.9 Å². The topological polar surface area (TPSA) is 46.3 Å². The molecule has 0 saturated heterocycles. The molecule has 3 rings (SSSR count). The summed E-state index contributed by atoms with van der Waals surface area (Å²) in [5, 5.41) is 12.6. The highest BCUT2D eigenvalue weighted by atomic mass is 32.1. The van der Waals surface area contributed by atoms with Crippen LogP contribution in [-0.4, -0.2) is 10.1 Å². The lowest BCUT2D eigenvalue weighted by Gasteiger charge is -2.07. The number of aliphatic hydroxyl groups is 1. The molecular formula is C14H10FNO2S. The summed E-state index contributed by atoms with van der Waals surface area (Å²) in [6.07, 6.45) is 2.33. The van der Waals surface area contributed by atoms with E-state index in [0.717, 1.165) is 11.3 Å². The van der Waals surface area contributed by atoms with Crippen LogP contribution in [0.15, 0.2) is 52.7 Å². The predicted molar refractivity (Wildman–Crippen MR) is 70.3 cm³/mol. The smallest absolute Gasteiger partial charge is 0.131 e. The Morgan fingerprint density at radius 1 is 1.21 bits per heavy atom. The van der Waals surface area contributed by atoms with Crippen LogP contribution in [0.25, 0.3) is 11.3 Å². The van der Waals surface area contributed by atoms with E-state index in [4.69, 9.17) is 4.42 Å². The Balaban J connectivity index is 1.88. The zero-order valence-electron chi connectivity index (χ0n) is 9.79. The largest absolute Gasteiger partial charge is 0.472 e. The quantitative estimate of drug-likeness (QED) is 0.794. The van der Waals surface area contributed by atoms with Gasteiger partial charge in [-0.15, -0.1) is 11.3 Å². The molecule has 5 heteroatoms. The van der Waals surface area contributed by atoms with E-state index in [1.54, 1.807) is 24.7 Å². The minimum Gasteiger partial charge on any atom is -0.472 e. The SMILES string of the molecule is OC(c1ccc(F)cc1)c1nc(-c2ccoc2)cs1. The third-order valence-corrected chi connectivity index (χ3v) is 3.66. The Hall–Kier alpha value is -1.98. The van der Waals surface area contributed by atoms with E-state index in [1.807, 2.05) is 11.4 Å². The highest BCUT2D eigenvalue weighted by Crippen LogP contribution is 2.29. The molecule has 2 aromatic heterocycles. The predicted octanol–water partition coefficient (Wildman–Crippen LogP) is 3.62. The lowest BCUT2D eigenvalue weighted by Crippen LogP contribution is -1.99. The van der Waals surface area contributed by atoms with Crippen LogP contribution in [0.5, 0.6) is 0 Å². The minimum absolute atomic E-state index is 0.325. The second-order valence-corrected chi connectivity index (χ2v) is 4.93. The maximum Gasteiger partial charge on any atom is 0.131 e. The van der Waals surface area contributed by atoms with Crippen LogP contribution in [0.3, 0.4) is 0 Å². The Bertz CT molecular complexity index is 661. The molecular weight excluding hydrogens is 265 g/mol. The van der Waals surface area contributed by atoms with E-state index < -0.39 is 6.10 Å². The van der Waals surface area contributed by atoms with E-state index >= 15 is 0 Å². The number of rotatable bonds is 3. The molecule has 2 heterocycles. The van der Waals surface area contributed by atoms with E-state index in [0.29, 0.717) is 10.6 Å². The molecule has 0 amide bonds. The fourth-order valence-corrected chi connectivity index (χ4v) is 2.58. The van der Waals surface area contributed by atoms with Crippen LogP contribution in [0.2, 0.25) is 0 Å². The van der Waals surface area contributed by atoms with Gasteiger partial charge in [0.05, 0.1) is 18.2 Å². The number of aliphatic hydroxyl groups excluding tert-OH is 1. The number of hydrogen-bond donors (Lipinski definition) is 1. The number of aromatic nitrogens is 1. The first-order valence-corrected chi connectivity index (χ1v) is 6.53. The molecule has 0 aliphatic rings. The first kappa shape index (κ1) is 12.1. The van der Waals surface area contributed by atoms with Crippen molar-refractivity contribution >= 4 is 11.3 Å². The highest BCUT2D eigenvalue weighted by Gasteiger charge is 2.15. The fraction of sp³-hybridized carbons (Fsp3) is 0.0714. The van der Waals surface area contributed by atoms with Crippen molar-refractivity contribution in [1.82, 2.24) is 4.98 Å². The van der Waals surface area contributed by atoms with Gasteiger partial charge < -0.3 is 9.52 Å². The molecule has 1 aromatic carbocycles. The second-order valence-electron chi connectivity index (χ2n) is 4.04. The second kappa shape index (κ2) is 4.95. The van der Waals surface area contributed by atoms with Gasteiger partial charge in [0.25, 0.3) is 0 Å². The van der Waals surface area contributed by atoms with Gasteiger partial charge in [-0.2, -0.15) is 0 Å². The average Bonchev–Trinajstić information content (AvgIpc) is 3.10. The summed E-state index contributed by atoms with van der Waals surface area (Å²) < 4.78 is 17.8. The van der Waals surface area contributed by atoms with E-state index in [2.05, 4.69) is 4.98 Å². The van der Waals surface area contributed by atoms with Gasteiger partial charge in [-0.05, 0) is 23.8 Å². The number of hydrogen-bond acceptors (Lipinski definition) is 4. The summed E-state index contributed by atoms with van der Waals surface area (Å²) in [4.78, 5) is 4.37. The number of furan rings is 1. The third kappa shape index (κ3) is 2.43. The van der Waals surface area contributed by atoms with Gasteiger partial charge in [-0.1, -0.05) is 12.1 Å². The molecule has 0 fully saturated rings. The van der Waals surface area contributed by atoms with Crippen molar-refractivity contribution in [3.8, 4) is 11.3 Å². The highest BCUT2D eigenvalue weighted by molar-refractivity contribution is 7.10. The van der Waals surface area contributed by atoms with Crippen molar-refractivity contribution in [2.24, 2.45) is 0 Å². The van der Waals surface area contributed by atoms with Crippen molar-refractivity contribution in [1.29, 1.82) is 0 Å². The third-order valence-electron chi connectivity index (χ3n) is 2.76. The van der Waals surface area contributed by atoms with Crippen LogP contribution < -0.4 is 0 Å². The number of halogens is 1.